The number of allylic oxidation sites excluding steroid dienone is 2. The molecule has 1 aliphatic carbocycles. The molecule has 0 heterocycles. The summed E-state index contributed by atoms with van der Waals surface area (Å²) in [5.74, 6) is 1.58. The summed E-state index contributed by atoms with van der Waals surface area (Å²) < 4.78 is 10.6. The first-order valence-electron chi connectivity index (χ1n) is 9.51. The average molecular weight is 373 g/mol. The molecular weight excluding hydrogens is 342 g/mol. The van der Waals surface area contributed by atoms with Crippen LogP contribution in [0.1, 0.15) is 52.0 Å². The van der Waals surface area contributed by atoms with E-state index in [0.717, 1.165) is 24.1 Å². The van der Waals surface area contributed by atoms with Crippen LogP contribution in [0.25, 0.3) is 0 Å². The van der Waals surface area contributed by atoms with Crippen LogP contribution in [0.3, 0.4) is 0 Å². The van der Waals surface area contributed by atoms with Crippen LogP contribution in [0.4, 0.5) is 0 Å². The lowest BCUT2D eigenvalue weighted by Crippen LogP contribution is -2.29. The van der Waals surface area contributed by atoms with Gasteiger partial charge in [-0.3, -0.25) is 9.79 Å². The van der Waals surface area contributed by atoms with E-state index in [1.165, 1.54) is 0 Å². The summed E-state index contributed by atoms with van der Waals surface area (Å²) in [6, 6.07) is 5.81. The number of hydrogen-bond acceptors (Lipinski definition) is 5. The number of rotatable bonds is 8. The summed E-state index contributed by atoms with van der Waals surface area (Å²) >= 11 is 0. The number of carbonyl (C=O) groups is 1. The molecule has 1 aromatic rings. The van der Waals surface area contributed by atoms with Crippen LogP contribution in [-0.4, -0.2) is 37.4 Å². The van der Waals surface area contributed by atoms with Gasteiger partial charge in [0.1, 0.15) is 5.76 Å². The number of ketones is 1. The van der Waals surface area contributed by atoms with E-state index in [-0.39, 0.29) is 17.0 Å². The summed E-state index contributed by atoms with van der Waals surface area (Å²) in [5.41, 5.74) is 2.07. The highest BCUT2D eigenvalue weighted by molar-refractivity contribution is 6.23. The van der Waals surface area contributed by atoms with E-state index in [0.29, 0.717) is 42.9 Å². The van der Waals surface area contributed by atoms with Gasteiger partial charge in [-0.15, -0.1) is 0 Å². The highest BCUT2D eigenvalue weighted by Gasteiger charge is 2.34. The average Bonchev–Trinajstić information content (AvgIpc) is 2.59. The molecule has 0 aromatic heterocycles. The molecule has 0 atom stereocenters. The molecule has 0 amide bonds. The van der Waals surface area contributed by atoms with E-state index < -0.39 is 0 Å². The second kappa shape index (κ2) is 9.07. The zero-order chi connectivity index (χ0) is 20.0. The van der Waals surface area contributed by atoms with Crippen molar-refractivity contribution in [3.63, 3.8) is 0 Å². The minimum atomic E-state index is -0.193. The number of aliphatic hydroxyl groups excluding tert-OH is 1. The molecule has 1 aromatic carbocycles. The van der Waals surface area contributed by atoms with Gasteiger partial charge < -0.3 is 14.6 Å². The van der Waals surface area contributed by atoms with Gasteiger partial charge >= 0.3 is 0 Å². The number of Topliss-reactive ketones (excluding diaryl/α,β-unsaturated/α-hetero) is 1. The van der Waals surface area contributed by atoms with Crippen molar-refractivity contribution in [3.8, 4) is 11.5 Å². The lowest BCUT2D eigenvalue weighted by atomic mass is 9.75. The largest absolute Gasteiger partial charge is 0.511 e. The maximum atomic E-state index is 12.6. The number of methoxy groups -OCH3 is 2. The van der Waals surface area contributed by atoms with Gasteiger partial charge in [0, 0.05) is 25.1 Å². The van der Waals surface area contributed by atoms with E-state index in [2.05, 4.69) is 11.9 Å². The number of ether oxygens (including phenoxy) is 2. The quantitative estimate of drug-likeness (QED) is 0.671. The molecule has 0 fully saturated rings. The third-order valence-electron chi connectivity index (χ3n) is 4.78. The summed E-state index contributed by atoms with van der Waals surface area (Å²) in [6.07, 6.45) is 3.26. The monoisotopic (exact) mass is 373 g/mol. The Morgan fingerprint density at radius 1 is 1.19 bits per heavy atom. The maximum absolute atomic E-state index is 12.6. The third kappa shape index (κ3) is 5.34. The predicted molar refractivity (Wildman–Crippen MR) is 108 cm³/mol. The number of nitrogens with zero attached hydrogens (tertiary/aromatic N) is 1. The van der Waals surface area contributed by atoms with Crippen molar-refractivity contribution in [2.24, 2.45) is 10.4 Å². The van der Waals surface area contributed by atoms with Crippen molar-refractivity contribution < 1.29 is 19.4 Å². The smallest absolute Gasteiger partial charge is 0.168 e. The first-order valence-corrected chi connectivity index (χ1v) is 9.51. The van der Waals surface area contributed by atoms with E-state index >= 15 is 0 Å². The molecular formula is C22H31NO4. The molecule has 5 heteroatoms. The van der Waals surface area contributed by atoms with Crippen LogP contribution >= 0.6 is 0 Å². The third-order valence-corrected chi connectivity index (χ3v) is 4.78. The van der Waals surface area contributed by atoms with E-state index in [4.69, 9.17) is 9.47 Å². The second-order valence-electron chi connectivity index (χ2n) is 7.78. The van der Waals surface area contributed by atoms with Gasteiger partial charge in [0.15, 0.2) is 17.3 Å². The van der Waals surface area contributed by atoms with E-state index in [1.54, 1.807) is 14.2 Å². The number of benzene rings is 1. The number of hydrogen-bond donors (Lipinski definition) is 1. The zero-order valence-electron chi connectivity index (χ0n) is 17.1. The van der Waals surface area contributed by atoms with Crippen molar-refractivity contribution in [1.82, 2.24) is 0 Å². The molecule has 0 aliphatic heterocycles. The van der Waals surface area contributed by atoms with Gasteiger partial charge in [0.2, 0.25) is 0 Å². The number of aliphatic imine (C=N–C) groups is 1. The van der Waals surface area contributed by atoms with Gasteiger partial charge in [-0.1, -0.05) is 33.3 Å². The Labute approximate surface area is 162 Å². The second-order valence-corrected chi connectivity index (χ2v) is 7.78. The van der Waals surface area contributed by atoms with Crippen molar-refractivity contribution in [3.05, 3.63) is 35.1 Å². The van der Waals surface area contributed by atoms with Crippen molar-refractivity contribution in [2.75, 3.05) is 20.8 Å². The predicted octanol–water partition coefficient (Wildman–Crippen LogP) is 4.69. The topological polar surface area (TPSA) is 68.1 Å². The lowest BCUT2D eigenvalue weighted by molar-refractivity contribution is -0.117. The molecule has 0 bridgehead atoms. The SMILES string of the molecule is CCCC(=NCCc1ccc(OC)c(OC)c1)C1=C(O)CC(C)(C)CC1=O. The van der Waals surface area contributed by atoms with Crippen LogP contribution in [0, 0.1) is 5.41 Å². The van der Waals surface area contributed by atoms with E-state index in [9.17, 15) is 9.90 Å². The number of aliphatic hydroxyl groups is 1. The van der Waals surface area contributed by atoms with Gasteiger partial charge in [-0.25, -0.2) is 0 Å². The summed E-state index contributed by atoms with van der Waals surface area (Å²) in [6.45, 7) is 6.62. The Morgan fingerprint density at radius 3 is 2.48 bits per heavy atom. The van der Waals surface area contributed by atoms with Crippen LogP contribution < -0.4 is 9.47 Å². The van der Waals surface area contributed by atoms with Crippen LogP contribution in [-0.2, 0) is 11.2 Å². The molecule has 0 saturated carbocycles. The molecule has 1 N–H and O–H groups in total. The maximum Gasteiger partial charge on any atom is 0.168 e. The molecule has 0 radical (unpaired) electrons. The molecule has 0 unspecified atom stereocenters. The highest BCUT2D eigenvalue weighted by atomic mass is 16.5. The normalized spacial score (nSPS) is 17.2. The van der Waals surface area contributed by atoms with Gasteiger partial charge in [0.05, 0.1) is 19.8 Å². The minimum absolute atomic E-state index is 0.00191. The Hall–Kier alpha value is -2.30. The van der Waals surface area contributed by atoms with Crippen molar-refractivity contribution >= 4 is 11.5 Å². The molecule has 1 aliphatic rings. The fourth-order valence-electron chi connectivity index (χ4n) is 3.49. The molecule has 0 spiro atoms. The Morgan fingerprint density at radius 2 is 1.89 bits per heavy atom. The van der Waals surface area contributed by atoms with Crippen molar-refractivity contribution in [2.45, 2.75) is 52.9 Å². The first-order chi connectivity index (χ1) is 12.8. The van der Waals surface area contributed by atoms with Crippen LogP contribution in [0.15, 0.2) is 34.5 Å². The minimum Gasteiger partial charge on any atom is -0.511 e. The highest BCUT2D eigenvalue weighted by Crippen LogP contribution is 2.36. The summed E-state index contributed by atoms with van der Waals surface area (Å²) in [4.78, 5) is 17.3. The van der Waals surface area contributed by atoms with Crippen molar-refractivity contribution in [1.29, 1.82) is 0 Å². The molecule has 148 valence electrons. The standard InChI is InChI=1S/C22H31NO4/c1-6-7-16(21-17(24)13-22(2,3)14-18(21)25)23-11-10-15-8-9-19(26-4)20(12-15)27-5/h8-9,12,24H,6-7,10-11,13-14H2,1-5H3. The molecule has 5 nitrogen and oxygen atoms in total. The lowest BCUT2D eigenvalue weighted by Gasteiger charge is -2.30. The molecule has 0 saturated heterocycles. The van der Waals surface area contributed by atoms with Crippen LogP contribution in [0.5, 0.6) is 11.5 Å². The summed E-state index contributed by atoms with van der Waals surface area (Å²) in [7, 11) is 3.23. The van der Waals surface area contributed by atoms with Crippen LogP contribution in [0.2, 0.25) is 0 Å². The fourth-order valence-corrected chi connectivity index (χ4v) is 3.49. The molecule has 2 rings (SSSR count). The Bertz CT molecular complexity index is 747. The molecule has 27 heavy (non-hydrogen) atoms. The Balaban J connectivity index is 2.18. The van der Waals surface area contributed by atoms with Gasteiger partial charge in [0.25, 0.3) is 0 Å². The first kappa shape index (κ1) is 21.0. The zero-order valence-corrected chi connectivity index (χ0v) is 17.1. The van der Waals surface area contributed by atoms with Gasteiger partial charge in [-0.2, -0.15) is 0 Å². The van der Waals surface area contributed by atoms with E-state index in [1.807, 2.05) is 32.0 Å². The fraction of sp³-hybridized carbons (Fsp3) is 0.545. The Kier molecular flexibility index (Phi) is 7.05. The number of carbonyl (C=O) groups excluding carboxylic acids is 1. The van der Waals surface area contributed by atoms with Gasteiger partial charge in [-0.05, 0) is 36.0 Å². The summed E-state index contributed by atoms with van der Waals surface area (Å²) in [5, 5.41) is 10.5.